The fourth-order valence-electron chi connectivity index (χ4n) is 3.49. The molecule has 0 spiro atoms. The van der Waals surface area contributed by atoms with Crippen molar-refractivity contribution in [1.82, 2.24) is 14.9 Å². The van der Waals surface area contributed by atoms with Crippen molar-refractivity contribution in [2.24, 2.45) is 0 Å². The van der Waals surface area contributed by atoms with Gasteiger partial charge in [-0.05, 0) is 37.6 Å². The summed E-state index contributed by atoms with van der Waals surface area (Å²) in [6, 6.07) is 8.01. The Morgan fingerprint density at radius 1 is 1.32 bits per heavy atom. The number of methoxy groups -OCH3 is 1. The highest BCUT2D eigenvalue weighted by Gasteiger charge is 2.25. The second kappa shape index (κ2) is 7.01. The lowest BCUT2D eigenvalue weighted by Crippen LogP contribution is -2.29. The number of nitro benzene ring substituents is 1. The Morgan fingerprint density at radius 2 is 2.14 bits per heavy atom. The second-order valence-corrected chi connectivity index (χ2v) is 6.54. The predicted octanol–water partition coefficient (Wildman–Crippen LogP) is 2.87. The van der Waals surface area contributed by atoms with E-state index < -0.39 is 16.3 Å². The lowest BCUT2D eigenvalue weighted by molar-refractivity contribution is -0.384. The first-order valence-corrected chi connectivity index (χ1v) is 8.78. The topological polar surface area (TPSA) is 99.3 Å². The third-order valence-corrected chi connectivity index (χ3v) is 4.85. The van der Waals surface area contributed by atoms with Crippen molar-refractivity contribution >= 4 is 16.6 Å². The minimum Gasteiger partial charge on any atom is -0.494 e. The first kappa shape index (κ1) is 18.1. The maximum absolute atomic E-state index is 14.3. The lowest BCUT2D eigenvalue weighted by Gasteiger charge is -2.18. The number of rotatable bonds is 4. The number of hydrogen-bond donors (Lipinski definition) is 1. The minimum absolute atomic E-state index is 0.0572. The maximum Gasteiger partial charge on any atom is 0.270 e. The van der Waals surface area contributed by atoms with Crippen LogP contribution in [0.1, 0.15) is 24.7 Å². The molecule has 0 unspecified atom stereocenters. The summed E-state index contributed by atoms with van der Waals surface area (Å²) >= 11 is 0. The van der Waals surface area contributed by atoms with Gasteiger partial charge in [-0.1, -0.05) is 0 Å². The van der Waals surface area contributed by atoms with Crippen molar-refractivity contribution in [2.45, 2.75) is 18.9 Å². The summed E-state index contributed by atoms with van der Waals surface area (Å²) in [5, 5.41) is 14.5. The molecule has 28 heavy (non-hydrogen) atoms. The Balaban J connectivity index is 2.01. The number of benzene rings is 2. The molecule has 0 amide bonds. The number of hydrogen-bond acceptors (Lipinski definition) is 6. The van der Waals surface area contributed by atoms with Gasteiger partial charge in [0.25, 0.3) is 11.2 Å². The minimum atomic E-state index is -0.614. The van der Waals surface area contributed by atoms with Crippen LogP contribution in [0.5, 0.6) is 5.75 Å². The van der Waals surface area contributed by atoms with Crippen LogP contribution in [0.2, 0.25) is 0 Å². The molecule has 2 heterocycles. The van der Waals surface area contributed by atoms with Gasteiger partial charge in [-0.2, -0.15) is 0 Å². The van der Waals surface area contributed by atoms with Crippen LogP contribution in [0.15, 0.2) is 41.2 Å². The highest BCUT2D eigenvalue weighted by molar-refractivity contribution is 5.80. The van der Waals surface area contributed by atoms with Gasteiger partial charge in [0.05, 0.1) is 34.7 Å². The van der Waals surface area contributed by atoms with Gasteiger partial charge < -0.3 is 10.1 Å². The monoisotopic (exact) mass is 384 g/mol. The number of nitrogens with one attached hydrogen (secondary N) is 1. The lowest BCUT2D eigenvalue weighted by atomic mass is 10.1. The summed E-state index contributed by atoms with van der Waals surface area (Å²) < 4.78 is 20.6. The maximum atomic E-state index is 14.3. The fraction of sp³-hybridized carbons (Fsp3) is 0.263. The molecule has 1 N–H and O–H groups in total. The average Bonchev–Trinajstić information content (AvgIpc) is 3.22. The molecule has 0 saturated carbocycles. The molecular weight excluding hydrogens is 367 g/mol. The molecule has 1 saturated heterocycles. The zero-order chi connectivity index (χ0) is 19.8. The number of aromatic nitrogens is 2. The zero-order valence-electron chi connectivity index (χ0n) is 15.0. The Kier molecular flexibility index (Phi) is 4.52. The fourth-order valence-corrected chi connectivity index (χ4v) is 3.49. The van der Waals surface area contributed by atoms with E-state index in [1.54, 1.807) is 6.07 Å². The van der Waals surface area contributed by atoms with E-state index in [2.05, 4.69) is 10.3 Å². The summed E-state index contributed by atoms with van der Waals surface area (Å²) in [6.45, 7) is 0.788. The molecule has 9 heteroatoms. The third-order valence-electron chi connectivity index (χ3n) is 4.85. The van der Waals surface area contributed by atoms with Crippen molar-refractivity contribution < 1.29 is 14.1 Å². The van der Waals surface area contributed by atoms with E-state index in [9.17, 15) is 19.3 Å². The highest BCUT2D eigenvalue weighted by Crippen LogP contribution is 2.27. The van der Waals surface area contributed by atoms with Gasteiger partial charge in [-0.25, -0.2) is 9.37 Å². The largest absolute Gasteiger partial charge is 0.494 e. The molecule has 3 aromatic rings. The smallest absolute Gasteiger partial charge is 0.270 e. The Labute approximate surface area is 158 Å². The molecule has 144 valence electrons. The summed E-state index contributed by atoms with van der Waals surface area (Å²) in [7, 11) is 1.36. The molecule has 1 fully saturated rings. The summed E-state index contributed by atoms with van der Waals surface area (Å²) in [5.41, 5.74) is -0.0370. The second-order valence-electron chi connectivity index (χ2n) is 6.54. The van der Waals surface area contributed by atoms with E-state index in [-0.39, 0.29) is 28.6 Å². The van der Waals surface area contributed by atoms with Crippen LogP contribution < -0.4 is 15.6 Å². The van der Waals surface area contributed by atoms with Crippen LogP contribution >= 0.6 is 0 Å². The van der Waals surface area contributed by atoms with Crippen molar-refractivity contribution in [3.8, 4) is 11.4 Å². The SMILES string of the molecule is COc1ccc(-n2c([C@H]3CCCN3)nc3ccc([N+](=O)[O-])cc3c2=O)cc1F. The van der Waals surface area contributed by atoms with Gasteiger partial charge in [0, 0.05) is 18.2 Å². The molecule has 4 rings (SSSR count). The van der Waals surface area contributed by atoms with E-state index in [1.807, 2.05) is 0 Å². The number of nitro groups is 1. The van der Waals surface area contributed by atoms with Gasteiger partial charge in [-0.3, -0.25) is 19.5 Å². The van der Waals surface area contributed by atoms with Gasteiger partial charge in [-0.15, -0.1) is 0 Å². The first-order chi connectivity index (χ1) is 13.5. The van der Waals surface area contributed by atoms with Gasteiger partial charge in [0.1, 0.15) is 5.82 Å². The molecular formula is C19H17FN4O4. The van der Waals surface area contributed by atoms with Crippen LogP contribution in [0.4, 0.5) is 10.1 Å². The molecule has 8 nitrogen and oxygen atoms in total. The van der Waals surface area contributed by atoms with Gasteiger partial charge >= 0.3 is 0 Å². The van der Waals surface area contributed by atoms with Gasteiger partial charge in [0.2, 0.25) is 0 Å². The van der Waals surface area contributed by atoms with Crippen LogP contribution in [0, 0.1) is 15.9 Å². The molecule has 0 radical (unpaired) electrons. The average molecular weight is 384 g/mol. The third kappa shape index (κ3) is 2.99. The van der Waals surface area contributed by atoms with E-state index >= 15 is 0 Å². The first-order valence-electron chi connectivity index (χ1n) is 8.78. The van der Waals surface area contributed by atoms with Gasteiger partial charge in [0.15, 0.2) is 11.6 Å². The van der Waals surface area contributed by atoms with Crippen LogP contribution in [0.3, 0.4) is 0 Å². The molecule has 0 bridgehead atoms. The number of non-ortho nitro benzene ring substituents is 1. The van der Waals surface area contributed by atoms with Crippen LogP contribution in [0.25, 0.3) is 16.6 Å². The Bertz CT molecular complexity index is 1140. The van der Waals surface area contributed by atoms with Crippen molar-refractivity contribution in [3.63, 3.8) is 0 Å². The molecule has 1 aromatic heterocycles. The Hall–Kier alpha value is -3.33. The summed E-state index contributed by atoms with van der Waals surface area (Å²) in [4.78, 5) is 28.4. The summed E-state index contributed by atoms with van der Waals surface area (Å²) in [6.07, 6.45) is 1.71. The molecule has 1 aliphatic rings. The Morgan fingerprint density at radius 3 is 2.79 bits per heavy atom. The van der Waals surface area contributed by atoms with Crippen LogP contribution in [-0.2, 0) is 0 Å². The number of ether oxygens (including phenoxy) is 1. The van der Waals surface area contributed by atoms with Crippen molar-refractivity contribution in [3.05, 3.63) is 68.5 Å². The summed E-state index contributed by atoms with van der Waals surface area (Å²) in [5.74, 6) is -0.105. The van der Waals surface area contributed by atoms with Crippen molar-refractivity contribution in [1.29, 1.82) is 0 Å². The standard InChI is InChI=1S/C19H17FN4O4/c1-28-17-7-5-11(10-14(17)20)23-18(16-3-2-8-21-16)22-15-6-4-12(24(26)27)9-13(15)19(23)25/h4-7,9-10,16,21H,2-3,8H2,1H3/t16-/m1/s1. The van der Waals surface area contributed by atoms with E-state index in [1.165, 1.54) is 42.0 Å². The predicted molar refractivity (Wildman–Crippen MR) is 100 cm³/mol. The normalized spacial score (nSPS) is 16.4. The van der Waals surface area contributed by atoms with E-state index in [4.69, 9.17) is 4.74 Å². The van der Waals surface area contributed by atoms with Crippen LogP contribution in [-0.4, -0.2) is 28.1 Å². The van der Waals surface area contributed by atoms with E-state index in [0.717, 1.165) is 19.4 Å². The van der Waals surface area contributed by atoms with E-state index in [0.29, 0.717) is 11.3 Å². The quantitative estimate of drug-likeness (QED) is 0.549. The zero-order valence-corrected chi connectivity index (χ0v) is 15.0. The molecule has 0 aliphatic carbocycles. The highest BCUT2D eigenvalue weighted by atomic mass is 19.1. The number of halogens is 1. The number of nitrogens with zero attached hydrogens (tertiary/aromatic N) is 3. The molecule has 1 aliphatic heterocycles. The number of fused-ring (bicyclic) bond motifs is 1. The molecule has 2 aromatic carbocycles. The molecule has 1 atom stereocenters. The van der Waals surface area contributed by atoms with Crippen molar-refractivity contribution in [2.75, 3.05) is 13.7 Å².